The highest BCUT2D eigenvalue weighted by Crippen LogP contribution is 2.20. The Morgan fingerprint density at radius 1 is 1.48 bits per heavy atom. The van der Waals surface area contributed by atoms with E-state index in [9.17, 15) is 9.90 Å². The number of carbonyl (C=O) groups is 1. The first-order chi connectivity index (χ1) is 10.1. The maximum Gasteiger partial charge on any atom is 0.358 e. The van der Waals surface area contributed by atoms with Gasteiger partial charge in [0.2, 0.25) is 11.6 Å². The van der Waals surface area contributed by atoms with E-state index in [0.29, 0.717) is 17.5 Å². The molecule has 108 valence electrons. The Balaban J connectivity index is 2.09. The zero-order valence-corrected chi connectivity index (χ0v) is 11.3. The Kier molecular flexibility index (Phi) is 2.97. The zero-order valence-electron chi connectivity index (χ0n) is 11.3. The fraction of sp³-hybridized carbons (Fsp3) is 0.273. The van der Waals surface area contributed by atoms with E-state index in [-0.39, 0.29) is 17.9 Å². The van der Waals surface area contributed by atoms with Crippen LogP contribution in [-0.4, -0.2) is 45.8 Å². The van der Waals surface area contributed by atoms with Crippen LogP contribution in [0.5, 0.6) is 0 Å². The molecule has 0 amide bonds. The van der Waals surface area contributed by atoms with E-state index in [1.807, 2.05) is 0 Å². The maximum atomic E-state index is 11.3. The van der Waals surface area contributed by atoms with Gasteiger partial charge >= 0.3 is 5.97 Å². The lowest BCUT2D eigenvalue weighted by Gasteiger charge is -2.04. The number of nitrogens with zero attached hydrogens (tertiary/aromatic N) is 7. The summed E-state index contributed by atoms with van der Waals surface area (Å²) in [5.41, 5.74) is 0.113. The number of carboxylic acids is 1. The Hall–Kier alpha value is -3.04. The van der Waals surface area contributed by atoms with Crippen LogP contribution in [0, 0.1) is 6.92 Å². The van der Waals surface area contributed by atoms with Crippen LogP contribution in [0.2, 0.25) is 0 Å². The van der Waals surface area contributed by atoms with Crippen molar-refractivity contribution in [2.24, 2.45) is 7.05 Å². The zero-order chi connectivity index (χ0) is 15.0. The van der Waals surface area contributed by atoms with Crippen molar-refractivity contribution in [1.29, 1.82) is 0 Å². The molecule has 0 unspecified atom stereocenters. The van der Waals surface area contributed by atoms with Crippen molar-refractivity contribution in [3.05, 3.63) is 29.8 Å². The number of hydrogen-bond acceptors (Lipinski definition) is 7. The Bertz CT molecular complexity index is 800. The SMILES string of the molecule is Cc1nc(Cn2nnc(C(=O)O)c2-c2nccn2C)no1. The molecule has 0 atom stereocenters. The van der Waals surface area contributed by atoms with E-state index in [1.165, 1.54) is 4.68 Å². The fourth-order valence-electron chi connectivity index (χ4n) is 1.92. The van der Waals surface area contributed by atoms with Crippen LogP contribution in [-0.2, 0) is 13.6 Å². The molecule has 0 fully saturated rings. The first-order valence-electron chi connectivity index (χ1n) is 6.00. The molecule has 10 heteroatoms. The molecular weight excluding hydrogens is 278 g/mol. The van der Waals surface area contributed by atoms with E-state index in [1.54, 1.807) is 30.9 Å². The molecule has 0 aromatic carbocycles. The van der Waals surface area contributed by atoms with Gasteiger partial charge in [-0.15, -0.1) is 5.10 Å². The van der Waals surface area contributed by atoms with Gasteiger partial charge in [0.05, 0.1) is 0 Å². The number of rotatable bonds is 4. The Morgan fingerprint density at radius 2 is 2.29 bits per heavy atom. The molecule has 1 N–H and O–H groups in total. The lowest BCUT2D eigenvalue weighted by Crippen LogP contribution is -2.09. The molecular formula is C11H11N7O3. The van der Waals surface area contributed by atoms with Crippen molar-refractivity contribution in [1.82, 2.24) is 34.7 Å². The number of carboxylic acid groups (broad SMARTS) is 1. The Morgan fingerprint density at radius 3 is 2.86 bits per heavy atom. The molecule has 0 spiro atoms. The van der Waals surface area contributed by atoms with Crippen LogP contribution >= 0.6 is 0 Å². The van der Waals surface area contributed by atoms with Crippen molar-refractivity contribution in [2.45, 2.75) is 13.5 Å². The molecule has 0 saturated carbocycles. The van der Waals surface area contributed by atoms with Gasteiger partial charge in [-0.2, -0.15) is 4.98 Å². The highest BCUT2D eigenvalue weighted by Gasteiger charge is 2.24. The second-order valence-electron chi connectivity index (χ2n) is 4.34. The predicted octanol–water partition coefficient (Wildman–Crippen LogP) is 0.117. The van der Waals surface area contributed by atoms with E-state index in [4.69, 9.17) is 4.52 Å². The molecule has 21 heavy (non-hydrogen) atoms. The maximum absolute atomic E-state index is 11.3. The van der Waals surface area contributed by atoms with Crippen molar-refractivity contribution in [2.75, 3.05) is 0 Å². The first-order valence-corrected chi connectivity index (χ1v) is 6.00. The van der Waals surface area contributed by atoms with Crippen LogP contribution in [0.1, 0.15) is 22.2 Å². The van der Waals surface area contributed by atoms with Crippen molar-refractivity contribution < 1.29 is 14.4 Å². The van der Waals surface area contributed by atoms with Gasteiger partial charge in [-0.1, -0.05) is 10.4 Å². The predicted molar refractivity (Wildman–Crippen MR) is 67.3 cm³/mol. The lowest BCUT2D eigenvalue weighted by molar-refractivity contribution is 0.0691. The van der Waals surface area contributed by atoms with Gasteiger partial charge in [0.1, 0.15) is 12.2 Å². The third kappa shape index (κ3) is 2.26. The monoisotopic (exact) mass is 289 g/mol. The summed E-state index contributed by atoms with van der Waals surface area (Å²) in [6.07, 6.45) is 3.27. The molecule has 0 radical (unpaired) electrons. The summed E-state index contributed by atoms with van der Waals surface area (Å²) in [7, 11) is 1.75. The number of imidazole rings is 1. The summed E-state index contributed by atoms with van der Waals surface area (Å²) < 4.78 is 7.95. The summed E-state index contributed by atoms with van der Waals surface area (Å²) in [5, 5.41) is 20.5. The van der Waals surface area contributed by atoms with Crippen molar-refractivity contribution in [3.8, 4) is 11.5 Å². The third-order valence-electron chi connectivity index (χ3n) is 2.83. The minimum absolute atomic E-state index is 0.139. The smallest absolute Gasteiger partial charge is 0.358 e. The quantitative estimate of drug-likeness (QED) is 0.717. The number of aromatic carboxylic acids is 1. The molecule has 0 saturated heterocycles. The number of hydrogen-bond donors (Lipinski definition) is 1. The van der Waals surface area contributed by atoms with Crippen LogP contribution in [0.25, 0.3) is 11.5 Å². The third-order valence-corrected chi connectivity index (χ3v) is 2.83. The molecule has 10 nitrogen and oxygen atoms in total. The highest BCUT2D eigenvalue weighted by atomic mass is 16.5. The van der Waals surface area contributed by atoms with Gasteiger partial charge in [-0.3, -0.25) is 0 Å². The van der Waals surface area contributed by atoms with Crippen LogP contribution in [0.4, 0.5) is 0 Å². The van der Waals surface area contributed by atoms with Gasteiger partial charge in [-0.05, 0) is 0 Å². The molecule has 3 aromatic rings. The normalized spacial score (nSPS) is 11.0. The van der Waals surface area contributed by atoms with Crippen molar-refractivity contribution in [3.63, 3.8) is 0 Å². The minimum Gasteiger partial charge on any atom is -0.476 e. The molecule has 0 aliphatic rings. The number of aromatic nitrogens is 7. The minimum atomic E-state index is -1.18. The van der Waals surface area contributed by atoms with Gasteiger partial charge in [0.25, 0.3) is 0 Å². The molecule has 0 aliphatic carbocycles. The topological polar surface area (TPSA) is 125 Å². The summed E-state index contributed by atoms with van der Waals surface area (Å²) in [4.78, 5) is 19.5. The number of aryl methyl sites for hydroxylation is 2. The van der Waals surface area contributed by atoms with Crippen LogP contribution < -0.4 is 0 Å². The summed E-state index contributed by atoms with van der Waals surface area (Å²) in [6, 6.07) is 0. The summed E-state index contributed by atoms with van der Waals surface area (Å²) in [6.45, 7) is 1.81. The average Bonchev–Trinajstić information content (AvgIpc) is 3.11. The molecule has 0 aliphatic heterocycles. The highest BCUT2D eigenvalue weighted by molar-refractivity contribution is 5.91. The van der Waals surface area contributed by atoms with Gasteiger partial charge in [0, 0.05) is 26.4 Å². The van der Waals surface area contributed by atoms with Gasteiger partial charge in [0.15, 0.2) is 11.6 Å². The first kappa shape index (κ1) is 13.0. The fourth-order valence-corrected chi connectivity index (χ4v) is 1.92. The van der Waals surface area contributed by atoms with Gasteiger partial charge in [-0.25, -0.2) is 14.5 Å². The largest absolute Gasteiger partial charge is 0.476 e. The molecule has 0 bridgehead atoms. The van der Waals surface area contributed by atoms with E-state index >= 15 is 0 Å². The van der Waals surface area contributed by atoms with E-state index < -0.39 is 5.97 Å². The van der Waals surface area contributed by atoms with Gasteiger partial charge < -0.3 is 14.2 Å². The molecule has 3 rings (SSSR count). The standard InChI is InChI=1S/C11H11N7O3/c1-6-13-7(15-21-6)5-18-9(8(11(19)20)14-16-18)10-12-3-4-17(10)2/h3-4H,5H2,1-2H3,(H,19,20). The summed E-state index contributed by atoms with van der Waals surface area (Å²) in [5.74, 6) is 0.0630. The Labute approximate surface area is 118 Å². The second kappa shape index (κ2) is 4.81. The molecule has 3 aromatic heterocycles. The molecule has 3 heterocycles. The van der Waals surface area contributed by atoms with Crippen LogP contribution in [0.3, 0.4) is 0 Å². The lowest BCUT2D eigenvalue weighted by atomic mass is 10.3. The van der Waals surface area contributed by atoms with E-state index in [0.717, 1.165) is 0 Å². The van der Waals surface area contributed by atoms with Crippen LogP contribution in [0.15, 0.2) is 16.9 Å². The van der Waals surface area contributed by atoms with E-state index in [2.05, 4.69) is 25.4 Å². The second-order valence-corrected chi connectivity index (χ2v) is 4.34. The average molecular weight is 289 g/mol. The summed E-state index contributed by atoms with van der Waals surface area (Å²) >= 11 is 0. The van der Waals surface area contributed by atoms with Crippen molar-refractivity contribution >= 4 is 5.97 Å².